The van der Waals surface area contributed by atoms with Gasteiger partial charge >= 0.3 is 30.3 Å². The summed E-state index contributed by atoms with van der Waals surface area (Å²) in [5.74, 6) is -7.98. The van der Waals surface area contributed by atoms with E-state index in [9.17, 15) is 40.7 Å². The summed E-state index contributed by atoms with van der Waals surface area (Å²) < 4.78 is 89.9. The maximum Gasteiger partial charge on any atom is 0.434 e. The molecule has 0 aromatic rings. The molecular weight excluding hydrogens is 438 g/mol. The first-order valence-electron chi connectivity index (χ1n) is 8.96. The number of carbonyl (C=O) groups is 3. The molecule has 0 aliphatic heterocycles. The van der Waals surface area contributed by atoms with Gasteiger partial charge < -0.3 is 14.2 Å². The summed E-state index contributed by atoms with van der Waals surface area (Å²) in [5.41, 5.74) is -3.32. The highest BCUT2D eigenvalue weighted by Crippen LogP contribution is 2.37. The van der Waals surface area contributed by atoms with Crippen LogP contribution in [0, 0.1) is 11.8 Å². The zero-order valence-electron chi connectivity index (χ0n) is 18.2. The summed E-state index contributed by atoms with van der Waals surface area (Å²) in [7, 11) is 0. The molecule has 0 saturated heterocycles. The summed E-state index contributed by atoms with van der Waals surface area (Å²) in [6, 6.07) is 0. The molecule has 0 radical (unpaired) electrons. The summed E-state index contributed by atoms with van der Waals surface area (Å²) in [6.45, 7) is 12.9. The molecule has 0 amide bonds. The molecule has 0 spiro atoms. The Bertz CT molecular complexity index is 683. The fraction of sp³-hybridized carbons (Fsp3) is 0.737. The van der Waals surface area contributed by atoms with Crippen LogP contribution in [0.5, 0.6) is 0 Å². The average molecular weight is 464 g/mol. The number of hydrogen-bond donors (Lipinski definition) is 0. The number of esters is 3. The van der Waals surface area contributed by atoms with Crippen LogP contribution < -0.4 is 0 Å². The van der Waals surface area contributed by atoms with Crippen molar-refractivity contribution >= 4 is 17.9 Å². The van der Waals surface area contributed by atoms with E-state index in [1.807, 2.05) is 0 Å². The van der Waals surface area contributed by atoms with E-state index in [0.29, 0.717) is 0 Å². The molecule has 0 aliphatic carbocycles. The highest BCUT2D eigenvalue weighted by atomic mass is 19.4. The summed E-state index contributed by atoms with van der Waals surface area (Å²) in [4.78, 5) is 37.0. The van der Waals surface area contributed by atoms with Crippen molar-refractivity contribution in [2.24, 2.45) is 11.8 Å². The van der Waals surface area contributed by atoms with Gasteiger partial charge in [0.15, 0.2) is 0 Å². The minimum Gasteiger partial charge on any atom is -0.460 e. The lowest BCUT2D eigenvalue weighted by Gasteiger charge is -2.30. The molecule has 0 aromatic heterocycles. The number of ether oxygens (including phenoxy) is 3. The first-order chi connectivity index (χ1) is 13.5. The van der Waals surface area contributed by atoms with Crippen LogP contribution in [-0.2, 0) is 28.6 Å². The van der Waals surface area contributed by atoms with Gasteiger partial charge in [-0.25, -0.2) is 4.79 Å². The molecule has 0 bridgehead atoms. The second-order valence-corrected chi connectivity index (χ2v) is 8.73. The van der Waals surface area contributed by atoms with Crippen molar-refractivity contribution in [2.75, 3.05) is 0 Å². The summed E-state index contributed by atoms with van der Waals surface area (Å²) >= 11 is 0. The Hall–Kier alpha value is -2.27. The third-order valence-electron chi connectivity index (χ3n) is 3.40. The van der Waals surface area contributed by atoms with E-state index < -0.39 is 65.0 Å². The van der Waals surface area contributed by atoms with Crippen LogP contribution in [0.4, 0.5) is 26.3 Å². The molecule has 0 heterocycles. The van der Waals surface area contributed by atoms with Gasteiger partial charge in [0.05, 0.1) is 5.92 Å². The second-order valence-electron chi connectivity index (χ2n) is 8.73. The molecule has 0 aromatic carbocycles. The van der Waals surface area contributed by atoms with Crippen molar-refractivity contribution in [3.63, 3.8) is 0 Å². The fourth-order valence-electron chi connectivity index (χ4n) is 2.17. The van der Waals surface area contributed by atoms with Gasteiger partial charge in [0.1, 0.15) is 17.1 Å². The number of carbonyl (C=O) groups excluding carboxylic acids is 3. The predicted octanol–water partition coefficient (Wildman–Crippen LogP) is 4.51. The van der Waals surface area contributed by atoms with Crippen molar-refractivity contribution in [3.8, 4) is 0 Å². The predicted molar refractivity (Wildman–Crippen MR) is 95.5 cm³/mol. The lowest BCUT2D eigenvalue weighted by molar-refractivity contribution is -0.312. The van der Waals surface area contributed by atoms with E-state index in [4.69, 9.17) is 9.47 Å². The van der Waals surface area contributed by atoms with Gasteiger partial charge in [0.2, 0.25) is 0 Å². The Morgan fingerprint density at radius 3 is 1.42 bits per heavy atom. The van der Waals surface area contributed by atoms with E-state index in [-0.39, 0.29) is 0 Å². The molecule has 2 unspecified atom stereocenters. The number of alkyl halides is 6. The maximum absolute atomic E-state index is 12.7. The Kier molecular flexibility index (Phi) is 8.78. The van der Waals surface area contributed by atoms with Crippen molar-refractivity contribution in [3.05, 3.63) is 12.2 Å². The quantitative estimate of drug-likeness (QED) is 0.249. The molecule has 0 N–H and O–H groups in total. The number of hydrogen-bond acceptors (Lipinski definition) is 6. The summed E-state index contributed by atoms with van der Waals surface area (Å²) in [6.07, 6.45) is -16.4. The normalized spacial score (nSPS) is 15.2. The minimum atomic E-state index is -5.97. The van der Waals surface area contributed by atoms with Crippen LogP contribution in [0.3, 0.4) is 0 Å². The van der Waals surface area contributed by atoms with Crippen LogP contribution in [0.1, 0.15) is 48.5 Å². The average Bonchev–Trinajstić information content (AvgIpc) is 2.46. The Labute approximate surface area is 175 Å². The van der Waals surface area contributed by atoms with E-state index in [0.717, 1.165) is 6.92 Å². The molecule has 0 rings (SSSR count). The van der Waals surface area contributed by atoms with Crippen molar-refractivity contribution in [1.82, 2.24) is 0 Å². The van der Waals surface area contributed by atoms with Crippen LogP contribution in [0.15, 0.2) is 12.2 Å². The maximum atomic E-state index is 12.7. The SMILES string of the molecule is C=C(C(=O)OC(C(F)(F)F)C(F)(F)F)C(C(=O)OC(C)(C)C)C(C)C(=O)OC(C)(C)C. The van der Waals surface area contributed by atoms with Gasteiger partial charge in [-0.05, 0) is 41.5 Å². The molecule has 0 fully saturated rings. The number of rotatable bonds is 6. The van der Waals surface area contributed by atoms with Gasteiger partial charge in [-0.2, -0.15) is 26.3 Å². The van der Waals surface area contributed by atoms with Crippen molar-refractivity contribution < 1.29 is 54.9 Å². The second kappa shape index (κ2) is 9.47. The van der Waals surface area contributed by atoms with Crippen molar-refractivity contribution in [1.29, 1.82) is 0 Å². The molecule has 12 heteroatoms. The summed E-state index contributed by atoms with van der Waals surface area (Å²) in [5, 5.41) is 0. The zero-order valence-corrected chi connectivity index (χ0v) is 18.2. The first kappa shape index (κ1) is 28.7. The minimum absolute atomic E-state index is 1.04. The standard InChI is InChI=1S/C19H26F6O6/c1-9(12(26)29-15(18(20,21)22)19(23,24)25)11(14(28)31-17(6,7)8)10(2)13(27)30-16(3,4)5/h10-11,15H,1H2,2-8H3. The zero-order chi connectivity index (χ0) is 25.2. The molecule has 180 valence electrons. The third-order valence-corrected chi connectivity index (χ3v) is 3.40. The van der Waals surface area contributed by atoms with Crippen LogP contribution in [0.25, 0.3) is 0 Å². The van der Waals surface area contributed by atoms with E-state index in [2.05, 4.69) is 11.3 Å². The Balaban J connectivity index is 6.00. The van der Waals surface area contributed by atoms with Gasteiger partial charge in [0, 0.05) is 5.57 Å². The number of halogens is 6. The smallest absolute Gasteiger partial charge is 0.434 e. The molecule has 2 atom stereocenters. The van der Waals surface area contributed by atoms with Gasteiger partial charge in [-0.3, -0.25) is 9.59 Å². The van der Waals surface area contributed by atoms with E-state index >= 15 is 0 Å². The van der Waals surface area contributed by atoms with E-state index in [1.165, 1.54) is 41.5 Å². The molecule has 0 saturated carbocycles. The molecule has 0 aliphatic rings. The molecule has 31 heavy (non-hydrogen) atoms. The van der Waals surface area contributed by atoms with Crippen LogP contribution >= 0.6 is 0 Å². The molecular formula is C19H26F6O6. The highest BCUT2D eigenvalue weighted by Gasteiger charge is 2.60. The Morgan fingerprint density at radius 1 is 0.742 bits per heavy atom. The largest absolute Gasteiger partial charge is 0.460 e. The van der Waals surface area contributed by atoms with Gasteiger partial charge in [0.25, 0.3) is 6.10 Å². The molecule has 6 nitrogen and oxygen atoms in total. The highest BCUT2D eigenvalue weighted by molar-refractivity contribution is 5.97. The van der Waals surface area contributed by atoms with Gasteiger partial charge in [-0.1, -0.05) is 13.5 Å². The third kappa shape index (κ3) is 9.60. The van der Waals surface area contributed by atoms with Crippen LogP contribution in [-0.4, -0.2) is 47.6 Å². The lowest BCUT2D eigenvalue weighted by atomic mass is 9.87. The van der Waals surface area contributed by atoms with E-state index in [1.54, 1.807) is 0 Å². The topological polar surface area (TPSA) is 78.9 Å². The lowest BCUT2D eigenvalue weighted by Crippen LogP contribution is -2.47. The fourth-order valence-corrected chi connectivity index (χ4v) is 2.17. The Morgan fingerprint density at radius 2 is 1.10 bits per heavy atom. The monoisotopic (exact) mass is 464 g/mol. The van der Waals surface area contributed by atoms with Crippen molar-refractivity contribution in [2.45, 2.75) is 78.1 Å². The first-order valence-corrected chi connectivity index (χ1v) is 8.96. The van der Waals surface area contributed by atoms with Gasteiger partial charge in [-0.15, -0.1) is 0 Å². The van der Waals surface area contributed by atoms with Crippen LogP contribution in [0.2, 0.25) is 0 Å².